The minimum atomic E-state index is -0.495. The Morgan fingerprint density at radius 3 is 1.64 bits per heavy atom. The second-order valence-electron chi connectivity index (χ2n) is 6.01. The highest BCUT2D eigenvalue weighted by Gasteiger charge is 2.15. The molecule has 3 N–H and O–H groups in total. The molecule has 1 heterocycles. The van der Waals surface area contributed by atoms with Gasteiger partial charge in [0.1, 0.15) is 11.4 Å². The molecule has 0 saturated heterocycles. The van der Waals surface area contributed by atoms with E-state index in [0.29, 0.717) is 30.5 Å². The van der Waals surface area contributed by atoms with E-state index in [2.05, 4.69) is 51.5 Å². The highest BCUT2D eigenvalue weighted by atomic mass is 79.9. The van der Waals surface area contributed by atoms with Gasteiger partial charge in [0.25, 0.3) is 0 Å². The average Bonchev–Trinajstić information content (AvgIpc) is 2.71. The SMILES string of the molecule is CC(O)CC#Cc1c(Br)c(C#CCC(C)O)n(C)c1C#CCC(C)O. The van der Waals surface area contributed by atoms with Crippen molar-refractivity contribution >= 4 is 15.9 Å². The van der Waals surface area contributed by atoms with Crippen LogP contribution in [0.25, 0.3) is 0 Å². The van der Waals surface area contributed by atoms with Gasteiger partial charge in [-0.15, -0.1) is 0 Å². The van der Waals surface area contributed by atoms with Gasteiger partial charge >= 0.3 is 0 Å². The number of hydrogen-bond donors (Lipinski definition) is 3. The van der Waals surface area contributed by atoms with Crippen molar-refractivity contribution in [1.82, 2.24) is 4.57 Å². The van der Waals surface area contributed by atoms with Crippen LogP contribution in [0.5, 0.6) is 0 Å². The number of nitrogens with zero attached hydrogens (tertiary/aromatic N) is 1. The van der Waals surface area contributed by atoms with E-state index < -0.39 is 18.3 Å². The molecule has 1 aromatic heterocycles. The fraction of sp³-hybridized carbons (Fsp3) is 0.500. The summed E-state index contributed by atoms with van der Waals surface area (Å²) in [6.07, 6.45) is -0.362. The van der Waals surface area contributed by atoms with Crippen LogP contribution < -0.4 is 0 Å². The van der Waals surface area contributed by atoms with Crippen molar-refractivity contribution in [3.63, 3.8) is 0 Å². The van der Waals surface area contributed by atoms with E-state index in [0.717, 1.165) is 10.2 Å². The monoisotopic (exact) mass is 405 g/mol. The molecule has 0 spiro atoms. The van der Waals surface area contributed by atoms with E-state index in [1.54, 1.807) is 20.8 Å². The van der Waals surface area contributed by atoms with Crippen molar-refractivity contribution in [2.24, 2.45) is 7.05 Å². The number of halogens is 1. The van der Waals surface area contributed by atoms with Crippen LogP contribution in [0, 0.1) is 35.5 Å². The second kappa shape index (κ2) is 10.3. The third-order valence-electron chi connectivity index (χ3n) is 3.15. The molecule has 0 aliphatic heterocycles. The lowest BCUT2D eigenvalue weighted by molar-refractivity contribution is 0.200. The van der Waals surface area contributed by atoms with Gasteiger partial charge in [-0.1, -0.05) is 23.7 Å². The van der Waals surface area contributed by atoms with Crippen molar-refractivity contribution in [1.29, 1.82) is 0 Å². The molecule has 0 fully saturated rings. The van der Waals surface area contributed by atoms with Crippen LogP contribution in [0.4, 0.5) is 0 Å². The summed E-state index contributed by atoms with van der Waals surface area (Å²) in [6, 6.07) is 0. The van der Waals surface area contributed by atoms with Crippen LogP contribution in [0.3, 0.4) is 0 Å². The number of aliphatic hydroxyl groups is 3. The minimum absolute atomic E-state index is 0.366. The van der Waals surface area contributed by atoms with E-state index in [4.69, 9.17) is 0 Å². The largest absolute Gasteiger partial charge is 0.392 e. The van der Waals surface area contributed by atoms with Gasteiger partial charge in [-0.05, 0) is 48.5 Å². The topological polar surface area (TPSA) is 65.6 Å². The molecule has 5 heteroatoms. The lowest BCUT2D eigenvalue weighted by Gasteiger charge is -1.99. The Morgan fingerprint density at radius 1 is 0.800 bits per heavy atom. The molecule has 0 aliphatic rings. The van der Waals surface area contributed by atoms with E-state index in [1.807, 2.05) is 11.6 Å². The van der Waals surface area contributed by atoms with Crippen LogP contribution in [0.15, 0.2) is 4.47 Å². The molecular weight excluding hydrogens is 382 g/mol. The summed E-state index contributed by atoms with van der Waals surface area (Å²) in [4.78, 5) is 0. The zero-order valence-electron chi connectivity index (χ0n) is 15.0. The van der Waals surface area contributed by atoms with Gasteiger partial charge < -0.3 is 19.9 Å². The van der Waals surface area contributed by atoms with Gasteiger partial charge in [0, 0.05) is 26.3 Å². The molecule has 0 radical (unpaired) electrons. The predicted molar refractivity (Wildman–Crippen MR) is 103 cm³/mol. The lowest BCUT2D eigenvalue weighted by atomic mass is 10.2. The van der Waals surface area contributed by atoms with E-state index in [-0.39, 0.29) is 0 Å². The maximum Gasteiger partial charge on any atom is 0.110 e. The molecule has 1 rings (SSSR count). The third-order valence-corrected chi connectivity index (χ3v) is 3.93. The van der Waals surface area contributed by atoms with Crippen molar-refractivity contribution < 1.29 is 15.3 Å². The summed E-state index contributed by atoms with van der Waals surface area (Å²) in [5.41, 5.74) is 2.14. The summed E-state index contributed by atoms with van der Waals surface area (Å²) in [7, 11) is 1.85. The first-order chi connectivity index (χ1) is 11.7. The third kappa shape index (κ3) is 6.99. The highest BCUT2D eigenvalue weighted by Crippen LogP contribution is 2.26. The summed E-state index contributed by atoms with van der Waals surface area (Å²) < 4.78 is 2.59. The molecule has 0 saturated carbocycles. The van der Waals surface area contributed by atoms with Gasteiger partial charge in [0.05, 0.1) is 28.3 Å². The van der Waals surface area contributed by atoms with Crippen molar-refractivity contribution in [3.8, 4) is 35.5 Å². The summed E-state index contributed by atoms with van der Waals surface area (Å²) in [5.74, 6) is 18.0. The van der Waals surface area contributed by atoms with Crippen molar-refractivity contribution in [2.75, 3.05) is 0 Å². The van der Waals surface area contributed by atoms with Crippen LogP contribution in [0.1, 0.15) is 57.0 Å². The molecule has 0 bridgehead atoms. The first-order valence-electron chi connectivity index (χ1n) is 8.13. The maximum atomic E-state index is 9.38. The molecular formula is C20H24BrNO3. The van der Waals surface area contributed by atoms with Gasteiger partial charge in [-0.2, -0.15) is 0 Å². The average molecular weight is 406 g/mol. The van der Waals surface area contributed by atoms with Crippen molar-refractivity contribution in [2.45, 2.75) is 58.3 Å². The van der Waals surface area contributed by atoms with Crippen LogP contribution in [-0.2, 0) is 7.05 Å². The zero-order chi connectivity index (χ0) is 19.0. The minimum Gasteiger partial charge on any atom is -0.392 e. The quantitative estimate of drug-likeness (QED) is 0.675. The standard InChI is InChI=1S/C20H24BrNO3/c1-14(23)8-5-11-17-18(12-6-9-15(2)24)22(4)19(20(17)21)13-7-10-16(3)25/h14-16,23-25H,8-10H2,1-4H3. The lowest BCUT2D eigenvalue weighted by Crippen LogP contribution is -1.99. The molecule has 134 valence electrons. The molecule has 3 atom stereocenters. The number of rotatable bonds is 3. The van der Waals surface area contributed by atoms with Gasteiger partial charge in [-0.3, -0.25) is 0 Å². The zero-order valence-corrected chi connectivity index (χ0v) is 16.6. The Hall–Kier alpha value is -1.68. The predicted octanol–water partition coefficient (Wildman–Crippen LogP) is 2.15. The Bertz CT molecular complexity index is 720. The van der Waals surface area contributed by atoms with E-state index >= 15 is 0 Å². The first kappa shape index (κ1) is 21.4. The summed E-state index contributed by atoms with van der Waals surface area (Å²) in [5, 5.41) is 28.1. The van der Waals surface area contributed by atoms with Gasteiger partial charge in [0.15, 0.2) is 0 Å². The van der Waals surface area contributed by atoms with E-state index in [1.165, 1.54) is 0 Å². The highest BCUT2D eigenvalue weighted by molar-refractivity contribution is 9.10. The fourth-order valence-electron chi connectivity index (χ4n) is 1.90. The van der Waals surface area contributed by atoms with Crippen LogP contribution in [0.2, 0.25) is 0 Å². The Labute approximate surface area is 158 Å². The fourth-order valence-corrected chi connectivity index (χ4v) is 2.55. The normalized spacial score (nSPS) is 13.4. The molecule has 25 heavy (non-hydrogen) atoms. The molecule has 1 aromatic rings. The van der Waals surface area contributed by atoms with E-state index in [9.17, 15) is 15.3 Å². The molecule has 3 unspecified atom stereocenters. The van der Waals surface area contributed by atoms with Crippen molar-refractivity contribution in [3.05, 3.63) is 21.4 Å². The second-order valence-corrected chi connectivity index (χ2v) is 6.80. The number of aromatic nitrogens is 1. The van der Waals surface area contributed by atoms with Crippen LogP contribution in [-0.4, -0.2) is 38.2 Å². The van der Waals surface area contributed by atoms with Crippen LogP contribution >= 0.6 is 15.9 Å². The Morgan fingerprint density at radius 2 is 1.20 bits per heavy atom. The molecule has 0 amide bonds. The smallest absolute Gasteiger partial charge is 0.110 e. The Balaban J connectivity index is 3.35. The summed E-state index contributed by atoms with van der Waals surface area (Å²) >= 11 is 3.54. The number of hydrogen-bond acceptors (Lipinski definition) is 3. The first-order valence-corrected chi connectivity index (χ1v) is 8.92. The van der Waals surface area contributed by atoms with Gasteiger partial charge in [-0.25, -0.2) is 0 Å². The molecule has 4 nitrogen and oxygen atoms in total. The summed E-state index contributed by atoms with van der Waals surface area (Å²) in [6.45, 7) is 5.06. The Kier molecular flexibility index (Phi) is 8.84. The number of aliphatic hydroxyl groups excluding tert-OH is 3. The molecule has 0 aliphatic carbocycles. The maximum absolute atomic E-state index is 9.38. The van der Waals surface area contributed by atoms with Gasteiger partial charge in [0.2, 0.25) is 0 Å². The molecule has 0 aromatic carbocycles.